The fourth-order valence-electron chi connectivity index (χ4n) is 2.47. The predicted octanol–water partition coefficient (Wildman–Crippen LogP) is 3.53. The lowest BCUT2D eigenvalue weighted by molar-refractivity contribution is 0.00407. The number of hydrogen-bond acceptors (Lipinski definition) is 3. The minimum absolute atomic E-state index is 0.0700. The smallest absolute Gasteiger partial charge is 0.410 e. The number of halogens is 1. The monoisotopic (exact) mass is 355 g/mol. The maximum Gasteiger partial charge on any atom is 0.410 e. The van der Waals surface area contributed by atoms with Gasteiger partial charge in [0.15, 0.2) is 0 Å². The number of aliphatic hydroxyl groups excluding tert-OH is 1. The van der Waals surface area contributed by atoms with Gasteiger partial charge in [-0.15, -0.1) is 0 Å². The van der Waals surface area contributed by atoms with Gasteiger partial charge in [-0.2, -0.15) is 0 Å². The highest BCUT2D eigenvalue weighted by Crippen LogP contribution is 2.29. The largest absolute Gasteiger partial charge is 0.444 e. The Labute approximate surface area is 134 Å². The Balaban J connectivity index is 2.09. The van der Waals surface area contributed by atoms with Crippen LogP contribution in [-0.4, -0.2) is 40.9 Å². The van der Waals surface area contributed by atoms with Crippen molar-refractivity contribution in [1.82, 2.24) is 4.90 Å². The molecule has 1 aliphatic heterocycles. The first-order chi connectivity index (χ1) is 9.76. The summed E-state index contributed by atoms with van der Waals surface area (Å²) in [6.07, 6.45) is -0.165. The van der Waals surface area contributed by atoms with Crippen molar-refractivity contribution in [2.75, 3.05) is 13.1 Å². The first-order valence-electron chi connectivity index (χ1n) is 7.18. The van der Waals surface area contributed by atoms with Gasteiger partial charge in [0, 0.05) is 23.5 Å². The van der Waals surface area contributed by atoms with Crippen molar-refractivity contribution in [3.8, 4) is 0 Å². The lowest BCUT2D eigenvalue weighted by Gasteiger charge is -2.37. The summed E-state index contributed by atoms with van der Waals surface area (Å²) in [5.74, 6) is -0.0700. The van der Waals surface area contributed by atoms with Crippen molar-refractivity contribution in [2.45, 2.75) is 44.8 Å². The Hall–Kier alpha value is -1.07. The molecule has 1 saturated heterocycles. The summed E-state index contributed by atoms with van der Waals surface area (Å²) < 4.78 is 6.41. The number of nitrogens with zero attached hydrogens (tertiary/aromatic N) is 1. The van der Waals surface area contributed by atoms with Crippen LogP contribution in [0.1, 0.15) is 38.7 Å². The van der Waals surface area contributed by atoms with Crippen molar-refractivity contribution in [2.24, 2.45) is 0 Å². The fourth-order valence-corrected chi connectivity index (χ4v) is 2.73. The molecule has 1 aromatic carbocycles. The van der Waals surface area contributed by atoms with Gasteiger partial charge in [0.25, 0.3) is 0 Å². The first kappa shape index (κ1) is 16.3. The zero-order valence-electron chi connectivity index (χ0n) is 12.7. The van der Waals surface area contributed by atoms with Crippen molar-refractivity contribution in [3.05, 3.63) is 34.3 Å². The zero-order chi connectivity index (χ0) is 15.6. The second kappa shape index (κ2) is 6.36. The van der Waals surface area contributed by atoms with Gasteiger partial charge in [-0.1, -0.05) is 28.1 Å². The summed E-state index contributed by atoms with van der Waals surface area (Å²) in [6.45, 7) is 6.59. The molecule has 1 aromatic rings. The molecule has 0 spiro atoms. The van der Waals surface area contributed by atoms with E-state index in [0.717, 1.165) is 10.0 Å². The molecule has 0 radical (unpaired) electrons. The molecule has 1 heterocycles. The van der Waals surface area contributed by atoms with Gasteiger partial charge in [0.2, 0.25) is 0 Å². The molecule has 1 N–H and O–H groups in total. The van der Waals surface area contributed by atoms with Crippen LogP contribution in [0.15, 0.2) is 28.7 Å². The Kier molecular flexibility index (Phi) is 4.94. The summed E-state index contributed by atoms with van der Waals surface area (Å²) in [5, 5.41) is 10.2. The van der Waals surface area contributed by atoms with Crippen LogP contribution in [0.5, 0.6) is 0 Å². The van der Waals surface area contributed by atoms with Crippen molar-refractivity contribution in [1.29, 1.82) is 0 Å². The van der Waals surface area contributed by atoms with E-state index in [1.165, 1.54) is 0 Å². The maximum atomic E-state index is 12.2. The number of likely N-dealkylation sites (tertiary alicyclic amines) is 1. The van der Waals surface area contributed by atoms with Crippen LogP contribution in [0.25, 0.3) is 0 Å². The molecule has 21 heavy (non-hydrogen) atoms. The minimum atomic E-state index is -0.500. The Morgan fingerprint density at radius 2 is 1.95 bits per heavy atom. The van der Waals surface area contributed by atoms with E-state index in [9.17, 15) is 9.90 Å². The topological polar surface area (TPSA) is 49.8 Å². The lowest BCUT2D eigenvalue weighted by Crippen LogP contribution is -2.46. The van der Waals surface area contributed by atoms with Crippen LogP contribution in [0.4, 0.5) is 4.79 Å². The molecule has 2 rings (SSSR count). The van der Waals surface area contributed by atoms with Crippen LogP contribution in [0, 0.1) is 0 Å². The van der Waals surface area contributed by atoms with Gasteiger partial charge < -0.3 is 14.7 Å². The number of ether oxygens (including phenoxy) is 1. The molecule has 1 aliphatic rings. The van der Waals surface area contributed by atoms with E-state index >= 15 is 0 Å². The SMILES string of the molecule is CC(C)(C)OC(=O)N1CCC(O)[C@H](c2ccc(Br)cc2)C1. The molecule has 1 unspecified atom stereocenters. The van der Waals surface area contributed by atoms with Gasteiger partial charge in [0.1, 0.15) is 5.60 Å². The quantitative estimate of drug-likeness (QED) is 0.838. The lowest BCUT2D eigenvalue weighted by atomic mass is 9.88. The summed E-state index contributed by atoms with van der Waals surface area (Å²) >= 11 is 3.41. The second-order valence-corrected chi connectivity index (χ2v) is 7.36. The number of aliphatic hydroxyl groups is 1. The summed E-state index contributed by atoms with van der Waals surface area (Å²) in [6, 6.07) is 7.87. The molecule has 1 amide bonds. The molecule has 2 atom stereocenters. The first-order valence-corrected chi connectivity index (χ1v) is 7.97. The number of benzene rings is 1. The highest BCUT2D eigenvalue weighted by atomic mass is 79.9. The second-order valence-electron chi connectivity index (χ2n) is 6.44. The average molecular weight is 356 g/mol. The highest BCUT2D eigenvalue weighted by molar-refractivity contribution is 9.10. The molecule has 116 valence electrons. The Morgan fingerprint density at radius 1 is 1.33 bits per heavy atom. The van der Waals surface area contributed by atoms with E-state index in [-0.39, 0.29) is 12.0 Å². The third-order valence-corrected chi connectivity index (χ3v) is 4.05. The van der Waals surface area contributed by atoms with Crippen molar-refractivity contribution in [3.63, 3.8) is 0 Å². The van der Waals surface area contributed by atoms with E-state index in [1.807, 2.05) is 45.0 Å². The molecular weight excluding hydrogens is 334 g/mol. The highest BCUT2D eigenvalue weighted by Gasteiger charge is 2.33. The third kappa shape index (κ3) is 4.45. The van der Waals surface area contributed by atoms with Crippen molar-refractivity contribution >= 4 is 22.0 Å². The average Bonchev–Trinajstić information content (AvgIpc) is 2.38. The van der Waals surface area contributed by atoms with E-state index in [0.29, 0.717) is 19.5 Å². The minimum Gasteiger partial charge on any atom is -0.444 e. The number of carbonyl (C=O) groups excluding carboxylic acids is 1. The van der Waals surface area contributed by atoms with Crippen LogP contribution in [0.3, 0.4) is 0 Å². The van der Waals surface area contributed by atoms with E-state index in [1.54, 1.807) is 4.90 Å². The summed E-state index contributed by atoms with van der Waals surface area (Å²) in [4.78, 5) is 13.9. The molecule has 0 saturated carbocycles. The van der Waals surface area contributed by atoms with Crippen molar-refractivity contribution < 1.29 is 14.6 Å². The Morgan fingerprint density at radius 3 is 2.52 bits per heavy atom. The van der Waals surface area contributed by atoms with Crippen LogP contribution in [-0.2, 0) is 4.74 Å². The number of hydrogen-bond donors (Lipinski definition) is 1. The molecule has 0 aliphatic carbocycles. The van der Waals surface area contributed by atoms with Crippen LogP contribution in [0.2, 0.25) is 0 Å². The fraction of sp³-hybridized carbons (Fsp3) is 0.562. The van der Waals surface area contributed by atoms with Gasteiger partial charge in [-0.25, -0.2) is 4.79 Å². The normalized spacial score (nSPS) is 23.0. The summed E-state index contributed by atoms with van der Waals surface area (Å²) in [5.41, 5.74) is 0.541. The zero-order valence-corrected chi connectivity index (χ0v) is 14.3. The number of piperidine rings is 1. The third-order valence-electron chi connectivity index (χ3n) is 3.53. The number of carbonyl (C=O) groups is 1. The van der Waals surface area contributed by atoms with E-state index in [2.05, 4.69) is 15.9 Å². The van der Waals surface area contributed by atoms with E-state index < -0.39 is 11.7 Å². The molecule has 5 heteroatoms. The maximum absolute atomic E-state index is 12.2. The Bertz CT molecular complexity index is 495. The van der Waals surface area contributed by atoms with E-state index in [4.69, 9.17) is 4.74 Å². The number of rotatable bonds is 1. The van der Waals surface area contributed by atoms with Crippen LogP contribution >= 0.6 is 15.9 Å². The van der Waals surface area contributed by atoms with Gasteiger partial charge in [-0.3, -0.25) is 0 Å². The molecular formula is C16H22BrNO3. The van der Waals surface area contributed by atoms with Gasteiger partial charge in [0.05, 0.1) is 6.10 Å². The summed E-state index contributed by atoms with van der Waals surface area (Å²) in [7, 11) is 0. The van der Waals surface area contributed by atoms with Gasteiger partial charge >= 0.3 is 6.09 Å². The van der Waals surface area contributed by atoms with Gasteiger partial charge in [-0.05, 0) is 44.9 Å². The molecule has 4 nitrogen and oxygen atoms in total. The number of amides is 1. The van der Waals surface area contributed by atoms with Crippen LogP contribution < -0.4 is 0 Å². The molecule has 0 bridgehead atoms. The molecule has 1 fully saturated rings. The molecule has 0 aromatic heterocycles. The predicted molar refractivity (Wildman–Crippen MR) is 85.3 cm³/mol. The standard InChI is InChI=1S/C16H22BrNO3/c1-16(2,3)21-15(20)18-9-8-14(19)13(10-18)11-4-6-12(17)7-5-11/h4-7,13-14,19H,8-10H2,1-3H3/t13-,14?/m0/s1.